The van der Waals surface area contributed by atoms with Crippen LogP contribution in [0.2, 0.25) is 0 Å². The summed E-state index contributed by atoms with van der Waals surface area (Å²) in [7, 11) is 0. The molecule has 0 aromatic rings. The fraction of sp³-hybridized carbons (Fsp3) is 0.938. The molecule has 0 atom stereocenters. The number of hydrogen-bond donors (Lipinski definition) is 0. The standard InChI is InChI=1S/C16H31NO2/c1-5-17(13(3)4)12-15-9-7-14(8-10-15)11-16(18)19-6-2/h13-15H,5-12H2,1-4H3. The molecule has 0 amide bonds. The molecule has 0 aliphatic heterocycles. The number of esters is 1. The summed E-state index contributed by atoms with van der Waals surface area (Å²) in [4.78, 5) is 14.0. The van der Waals surface area contributed by atoms with Gasteiger partial charge in [-0.1, -0.05) is 6.92 Å². The molecule has 1 aliphatic rings. The smallest absolute Gasteiger partial charge is 0.306 e. The first-order valence-corrected chi connectivity index (χ1v) is 7.96. The summed E-state index contributed by atoms with van der Waals surface area (Å²) in [5.74, 6) is 1.37. The zero-order valence-electron chi connectivity index (χ0n) is 13.2. The third-order valence-electron chi connectivity index (χ3n) is 4.36. The summed E-state index contributed by atoms with van der Waals surface area (Å²) in [5, 5.41) is 0. The first kappa shape index (κ1) is 16.5. The van der Waals surface area contributed by atoms with Crippen molar-refractivity contribution in [2.75, 3.05) is 19.7 Å². The second kappa shape index (κ2) is 8.57. The maximum atomic E-state index is 11.5. The summed E-state index contributed by atoms with van der Waals surface area (Å²) < 4.78 is 5.04. The Kier molecular flexibility index (Phi) is 7.44. The lowest BCUT2D eigenvalue weighted by Gasteiger charge is -2.33. The van der Waals surface area contributed by atoms with Gasteiger partial charge in [0.25, 0.3) is 0 Å². The first-order chi connectivity index (χ1) is 9.06. The first-order valence-electron chi connectivity index (χ1n) is 7.96. The van der Waals surface area contributed by atoms with Crippen molar-refractivity contribution in [2.24, 2.45) is 11.8 Å². The van der Waals surface area contributed by atoms with E-state index in [2.05, 4.69) is 25.7 Å². The number of ether oxygens (including phenoxy) is 1. The molecule has 0 N–H and O–H groups in total. The molecule has 0 bridgehead atoms. The van der Waals surface area contributed by atoms with E-state index >= 15 is 0 Å². The maximum Gasteiger partial charge on any atom is 0.306 e. The van der Waals surface area contributed by atoms with Gasteiger partial charge < -0.3 is 9.64 Å². The fourth-order valence-corrected chi connectivity index (χ4v) is 3.11. The van der Waals surface area contributed by atoms with E-state index in [4.69, 9.17) is 4.74 Å². The van der Waals surface area contributed by atoms with Gasteiger partial charge in [-0.3, -0.25) is 4.79 Å². The lowest BCUT2D eigenvalue weighted by Crippen LogP contribution is -2.36. The van der Waals surface area contributed by atoms with Crippen LogP contribution in [0.5, 0.6) is 0 Å². The molecule has 1 fully saturated rings. The number of rotatable bonds is 7. The van der Waals surface area contributed by atoms with Crippen LogP contribution in [-0.4, -0.2) is 36.6 Å². The predicted molar refractivity (Wildman–Crippen MR) is 79.1 cm³/mol. The molecular weight excluding hydrogens is 238 g/mol. The van der Waals surface area contributed by atoms with E-state index in [0.717, 1.165) is 12.5 Å². The lowest BCUT2D eigenvalue weighted by molar-refractivity contribution is -0.144. The SMILES string of the molecule is CCOC(=O)CC1CCC(CN(CC)C(C)C)CC1. The molecule has 1 saturated carbocycles. The maximum absolute atomic E-state index is 11.5. The van der Waals surface area contributed by atoms with Crippen molar-refractivity contribution < 1.29 is 9.53 Å². The second-order valence-corrected chi connectivity index (χ2v) is 6.08. The van der Waals surface area contributed by atoms with Crippen LogP contribution in [0, 0.1) is 11.8 Å². The van der Waals surface area contributed by atoms with E-state index in [1.165, 1.54) is 32.2 Å². The number of hydrogen-bond acceptors (Lipinski definition) is 3. The van der Waals surface area contributed by atoms with Crippen LogP contribution in [0.25, 0.3) is 0 Å². The van der Waals surface area contributed by atoms with Gasteiger partial charge in [0.15, 0.2) is 0 Å². The van der Waals surface area contributed by atoms with Crippen molar-refractivity contribution in [1.82, 2.24) is 4.90 Å². The quantitative estimate of drug-likeness (QED) is 0.663. The van der Waals surface area contributed by atoms with Gasteiger partial charge in [0, 0.05) is 19.0 Å². The highest BCUT2D eigenvalue weighted by Crippen LogP contribution is 2.31. The summed E-state index contributed by atoms with van der Waals surface area (Å²) in [6, 6.07) is 0.641. The van der Waals surface area contributed by atoms with Gasteiger partial charge in [0.05, 0.1) is 6.61 Å². The molecule has 3 nitrogen and oxygen atoms in total. The molecule has 1 aliphatic carbocycles. The summed E-state index contributed by atoms with van der Waals surface area (Å²) in [6.07, 6.45) is 5.56. The van der Waals surface area contributed by atoms with E-state index in [9.17, 15) is 4.79 Å². The Hall–Kier alpha value is -0.570. The van der Waals surface area contributed by atoms with Crippen LogP contribution < -0.4 is 0 Å². The monoisotopic (exact) mass is 269 g/mol. The third-order valence-corrected chi connectivity index (χ3v) is 4.36. The highest BCUT2D eigenvalue weighted by atomic mass is 16.5. The van der Waals surface area contributed by atoms with Gasteiger partial charge in [0.1, 0.15) is 0 Å². The van der Waals surface area contributed by atoms with Crippen molar-refractivity contribution in [3.8, 4) is 0 Å². The Morgan fingerprint density at radius 2 is 1.74 bits per heavy atom. The normalized spacial score (nSPS) is 23.9. The second-order valence-electron chi connectivity index (χ2n) is 6.08. The van der Waals surface area contributed by atoms with Crippen molar-refractivity contribution in [3.05, 3.63) is 0 Å². The minimum atomic E-state index is -0.0108. The van der Waals surface area contributed by atoms with Gasteiger partial charge in [-0.15, -0.1) is 0 Å². The van der Waals surface area contributed by atoms with Crippen molar-refractivity contribution in [2.45, 2.75) is 65.8 Å². The number of carbonyl (C=O) groups excluding carboxylic acids is 1. The number of nitrogens with zero attached hydrogens (tertiary/aromatic N) is 1. The minimum absolute atomic E-state index is 0.0108. The Bertz CT molecular complexity index is 257. The van der Waals surface area contributed by atoms with Crippen LogP contribution in [0.4, 0.5) is 0 Å². The average molecular weight is 269 g/mol. The van der Waals surface area contributed by atoms with Crippen molar-refractivity contribution in [3.63, 3.8) is 0 Å². The Morgan fingerprint density at radius 3 is 2.21 bits per heavy atom. The average Bonchev–Trinajstić information content (AvgIpc) is 2.37. The Morgan fingerprint density at radius 1 is 1.16 bits per heavy atom. The molecule has 0 aromatic heterocycles. The van der Waals surface area contributed by atoms with E-state index in [0.29, 0.717) is 25.0 Å². The van der Waals surface area contributed by atoms with E-state index < -0.39 is 0 Å². The molecule has 19 heavy (non-hydrogen) atoms. The summed E-state index contributed by atoms with van der Waals surface area (Å²) in [6.45, 7) is 11.5. The molecule has 0 saturated heterocycles. The van der Waals surface area contributed by atoms with Crippen LogP contribution in [0.1, 0.15) is 59.8 Å². The summed E-state index contributed by atoms with van der Waals surface area (Å²) >= 11 is 0. The minimum Gasteiger partial charge on any atom is -0.466 e. The van der Waals surface area contributed by atoms with Crippen LogP contribution in [-0.2, 0) is 9.53 Å². The number of carbonyl (C=O) groups is 1. The largest absolute Gasteiger partial charge is 0.466 e. The topological polar surface area (TPSA) is 29.5 Å². The molecule has 0 aromatic carbocycles. The van der Waals surface area contributed by atoms with Crippen molar-refractivity contribution in [1.29, 1.82) is 0 Å². The van der Waals surface area contributed by atoms with Crippen LogP contribution >= 0.6 is 0 Å². The van der Waals surface area contributed by atoms with E-state index in [1.807, 2.05) is 6.92 Å². The van der Waals surface area contributed by atoms with Gasteiger partial charge in [-0.25, -0.2) is 0 Å². The molecule has 0 unspecified atom stereocenters. The van der Waals surface area contributed by atoms with E-state index in [-0.39, 0.29) is 5.97 Å². The zero-order chi connectivity index (χ0) is 14.3. The molecule has 112 valence electrons. The highest BCUT2D eigenvalue weighted by molar-refractivity contribution is 5.69. The van der Waals surface area contributed by atoms with Gasteiger partial charge >= 0.3 is 5.97 Å². The lowest BCUT2D eigenvalue weighted by atomic mass is 9.80. The van der Waals surface area contributed by atoms with Gasteiger partial charge in [0.2, 0.25) is 0 Å². The zero-order valence-corrected chi connectivity index (χ0v) is 13.2. The Balaban J connectivity index is 2.26. The van der Waals surface area contributed by atoms with E-state index in [1.54, 1.807) is 0 Å². The molecule has 3 heteroatoms. The Labute approximate surface area is 118 Å². The molecule has 0 radical (unpaired) electrons. The van der Waals surface area contributed by atoms with Crippen LogP contribution in [0.3, 0.4) is 0 Å². The van der Waals surface area contributed by atoms with Gasteiger partial charge in [-0.2, -0.15) is 0 Å². The summed E-state index contributed by atoms with van der Waals surface area (Å²) in [5.41, 5.74) is 0. The van der Waals surface area contributed by atoms with Crippen LogP contribution in [0.15, 0.2) is 0 Å². The molecule has 1 rings (SSSR count). The third kappa shape index (κ3) is 5.94. The fourth-order valence-electron chi connectivity index (χ4n) is 3.11. The molecular formula is C16H31NO2. The van der Waals surface area contributed by atoms with Gasteiger partial charge in [-0.05, 0) is 64.8 Å². The van der Waals surface area contributed by atoms with Crippen molar-refractivity contribution >= 4 is 5.97 Å². The molecule has 0 heterocycles. The predicted octanol–water partition coefficient (Wildman–Crippen LogP) is 3.48. The highest BCUT2D eigenvalue weighted by Gasteiger charge is 2.25. The molecule has 0 spiro atoms.